The van der Waals surface area contributed by atoms with Gasteiger partial charge in [-0.15, -0.1) is 0 Å². The van der Waals surface area contributed by atoms with E-state index in [-0.39, 0.29) is 35.1 Å². The van der Waals surface area contributed by atoms with Crippen LogP contribution in [0.5, 0.6) is 0 Å². The van der Waals surface area contributed by atoms with Gasteiger partial charge in [0.25, 0.3) is 0 Å². The van der Waals surface area contributed by atoms with Gasteiger partial charge in [-0.3, -0.25) is 14.4 Å². The first kappa shape index (κ1) is 39.5. The molecule has 0 radical (unpaired) electrons. The maximum Gasteiger partial charge on any atom is 0.303 e. The Balaban J connectivity index is 1.07. The molecule has 14 nitrogen and oxygen atoms in total. The maximum atomic E-state index is 13.1. The molecular formula is C39H60O14. The number of esters is 2. The van der Waals surface area contributed by atoms with E-state index in [9.17, 15) is 24.6 Å². The molecule has 3 aliphatic heterocycles. The largest absolute Gasteiger partial charge is 0.458 e. The van der Waals surface area contributed by atoms with Crippen molar-refractivity contribution >= 4 is 17.7 Å². The lowest BCUT2D eigenvalue weighted by atomic mass is 9.43. The van der Waals surface area contributed by atoms with Crippen LogP contribution in [0, 0.1) is 28.6 Å². The number of carbonyl (C=O) groups excluding carboxylic acids is 3. The topological polar surface area (TPSA) is 178 Å². The average molecular weight is 753 g/mol. The number of methoxy groups -OCH3 is 2. The van der Waals surface area contributed by atoms with Gasteiger partial charge in [0.05, 0.1) is 24.4 Å². The highest BCUT2D eigenvalue weighted by molar-refractivity contribution is 5.81. The lowest BCUT2D eigenvalue weighted by Crippen LogP contribution is -2.70. The van der Waals surface area contributed by atoms with Crippen molar-refractivity contribution in [2.75, 3.05) is 14.2 Å². The lowest BCUT2D eigenvalue weighted by Gasteiger charge is -2.61. The zero-order chi connectivity index (χ0) is 38.4. The second kappa shape index (κ2) is 14.0. The van der Waals surface area contributed by atoms with Gasteiger partial charge in [-0.2, -0.15) is 0 Å². The SMILES string of the molecule is CO[C@H]1[C@@H](O)[C@H](O[C@@H]2[C@@H](C)O[C@H](O[C@H]3CC[C@@]4(C)[C@@H](CCC56O[C@@]57CC[C@@H](C(C)=O)[C@@]7(C)[C@H](OC(C)=O)[C@@H](OC(C)=O)[C@@H]64)C3)C[C@H]2OC)O[C@H](C)[C@H]1O. The number of hydrogen-bond donors (Lipinski definition) is 2. The monoisotopic (exact) mass is 752 g/mol. The summed E-state index contributed by atoms with van der Waals surface area (Å²) in [6.07, 6.45) is -2.79. The number of aliphatic hydroxyl groups excluding tert-OH is 2. The second-order valence-electron chi connectivity index (χ2n) is 17.4. The Morgan fingerprint density at radius 3 is 2.11 bits per heavy atom. The number of aliphatic hydroxyl groups is 2. The van der Waals surface area contributed by atoms with E-state index in [1.165, 1.54) is 21.0 Å². The molecule has 7 rings (SSSR count). The first-order valence-corrected chi connectivity index (χ1v) is 19.6. The molecule has 0 amide bonds. The highest BCUT2D eigenvalue weighted by Gasteiger charge is 2.91. The van der Waals surface area contributed by atoms with Crippen molar-refractivity contribution in [3.05, 3.63) is 0 Å². The Kier molecular flexibility index (Phi) is 10.4. The van der Waals surface area contributed by atoms with E-state index in [1.807, 2.05) is 13.8 Å². The molecule has 7 aliphatic rings. The van der Waals surface area contributed by atoms with Gasteiger partial charge in [-0.25, -0.2) is 0 Å². The van der Waals surface area contributed by atoms with Gasteiger partial charge in [0.1, 0.15) is 53.6 Å². The standard InChI is InChI=1S/C39H60O14/c1-18(40)25-12-15-39-37(25,7)34(50-22(5)42)32(49-21(4)41)33-36(6)13-11-24(16-23(36)10-14-38(33,39)53-39)51-27-17-26(45-8)30(20(3)47-27)52-35-29(44)31(46-9)28(43)19(2)48-35/h19-20,23-35,43-44H,10-17H2,1-9H3/t19-,20-,23+,24+,25+,26-,27-,28-,29-,30-,31-,32+,33-,34-,35+,36+,37+,38?,39-/m1/s1. The highest BCUT2D eigenvalue weighted by atomic mass is 16.7. The molecule has 7 fully saturated rings. The Bertz CT molecular complexity index is 1430. The second-order valence-corrected chi connectivity index (χ2v) is 17.4. The van der Waals surface area contributed by atoms with Crippen molar-refractivity contribution in [3.8, 4) is 0 Å². The normalized spacial score (nSPS) is 53.0. The Labute approximate surface area is 312 Å². The van der Waals surface area contributed by atoms with Crippen LogP contribution in [-0.2, 0) is 57.0 Å². The van der Waals surface area contributed by atoms with E-state index in [2.05, 4.69) is 6.92 Å². The molecule has 0 bridgehead atoms. The van der Waals surface area contributed by atoms with Crippen molar-refractivity contribution < 1.29 is 67.2 Å². The summed E-state index contributed by atoms with van der Waals surface area (Å²) < 4.78 is 55.8. The summed E-state index contributed by atoms with van der Waals surface area (Å²) in [7, 11) is 3.03. The third-order valence-corrected chi connectivity index (χ3v) is 14.9. The van der Waals surface area contributed by atoms with Crippen LogP contribution in [0.25, 0.3) is 0 Å². The van der Waals surface area contributed by atoms with Gasteiger partial charge in [-0.1, -0.05) is 13.8 Å². The fraction of sp³-hybridized carbons (Fsp3) is 0.923. The van der Waals surface area contributed by atoms with E-state index in [4.69, 9.17) is 42.6 Å². The smallest absolute Gasteiger partial charge is 0.303 e. The van der Waals surface area contributed by atoms with E-state index in [1.54, 1.807) is 21.0 Å². The fourth-order valence-corrected chi connectivity index (χ4v) is 12.5. The number of carbonyl (C=O) groups is 3. The lowest BCUT2D eigenvalue weighted by molar-refractivity contribution is -0.343. The summed E-state index contributed by atoms with van der Waals surface area (Å²) in [6, 6.07) is 0. The molecule has 2 spiro atoms. The van der Waals surface area contributed by atoms with Crippen LogP contribution in [0.15, 0.2) is 0 Å². The predicted octanol–water partition coefficient (Wildman–Crippen LogP) is 2.99. The van der Waals surface area contributed by atoms with E-state index in [0.717, 1.165) is 32.1 Å². The number of hydrogen-bond acceptors (Lipinski definition) is 14. The number of ether oxygens (including phenoxy) is 9. The molecule has 300 valence electrons. The van der Waals surface area contributed by atoms with Crippen molar-refractivity contribution in [1.82, 2.24) is 0 Å². The summed E-state index contributed by atoms with van der Waals surface area (Å²) >= 11 is 0. The number of epoxide rings is 1. The van der Waals surface area contributed by atoms with Crippen LogP contribution in [0.3, 0.4) is 0 Å². The average Bonchev–Trinajstić information content (AvgIpc) is 3.63. The first-order valence-electron chi connectivity index (χ1n) is 19.6. The number of ketones is 1. The minimum atomic E-state index is -1.21. The molecule has 2 N–H and O–H groups in total. The summed E-state index contributed by atoms with van der Waals surface area (Å²) in [6.45, 7) is 12.2. The van der Waals surface area contributed by atoms with E-state index in [0.29, 0.717) is 19.3 Å². The molecule has 14 heteroatoms. The van der Waals surface area contributed by atoms with Crippen LogP contribution in [0.2, 0.25) is 0 Å². The fourth-order valence-electron chi connectivity index (χ4n) is 12.5. The molecule has 1 unspecified atom stereocenters. The number of Topliss-reactive ketones (excluding diaryl/α,β-unsaturated/α-hetero) is 1. The van der Waals surface area contributed by atoms with Gasteiger partial charge < -0.3 is 52.8 Å². The molecule has 3 saturated heterocycles. The van der Waals surface area contributed by atoms with Crippen LogP contribution in [0.1, 0.15) is 99.8 Å². The molecule has 19 atom stereocenters. The molecule has 0 aromatic carbocycles. The summed E-state index contributed by atoms with van der Waals surface area (Å²) in [4.78, 5) is 38.6. The third kappa shape index (κ3) is 5.95. The summed E-state index contributed by atoms with van der Waals surface area (Å²) in [5.74, 6) is -1.30. The maximum absolute atomic E-state index is 13.1. The molecule has 0 aromatic rings. The third-order valence-electron chi connectivity index (χ3n) is 14.9. The molecule has 53 heavy (non-hydrogen) atoms. The summed E-state index contributed by atoms with van der Waals surface area (Å²) in [5, 5.41) is 21.3. The Morgan fingerprint density at radius 2 is 1.47 bits per heavy atom. The van der Waals surface area contributed by atoms with Crippen molar-refractivity contribution in [3.63, 3.8) is 0 Å². The van der Waals surface area contributed by atoms with Gasteiger partial charge in [0, 0.05) is 51.7 Å². The molecule has 0 aromatic heterocycles. The van der Waals surface area contributed by atoms with Gasteiger partial charge in [-0.05, 0) is 77.0 Å². The van der Waals surface area contributed by atoms with Crippen LogP contribution >= 0.6 is 0 Å². The number of rotatable bonds is 9. The van der Waals surface area contributed by atoms with Crippen LogP contribution < -0.4 is 0 Å². The molecule has 3 heterocycles. The minimum absolute atomic E-state index is 0.0340. The van der Waals surface area contributed by atoms with E-state index >= 15 is 0 Å². The number of fused-ring (bicyclic) bond motifs is 2. The van der Waals surface area contributed by atoms with E-state index < -0.39 is 96.1 Å². The Hall–Kier alpha value is -1.75. The minimum Gasteiger partial charge on any atom is -0.458 e. The molecular weight excluding hydrogens is 692 g/mol. The quantitative estimate of drug-likeness (QED) is 0.200. The highest BCUT2D eigenvalue weighted by Crippen LogP contribution is 2.81. The Morgan fingerprint density at radius 1 is 0.755 bits per heavy atom. The van der Waals surface area contributed by atoms with Gasteiger partial charge in [0.2, 0.25) is 0 Å². The molecule has 4 aliphatic carbocycles. The van der Waals surface area contributed by atoms with Gasteiger partial charge >= 0.3 is 11.9 Å². The molecule has 4 saturated carbocycles. The van der Waals surface area contributed by atoms with Crippen molar-refractivity contribution in [2.45, 2.75) is 185 Å². The van der Waals surface area contributed by atoms with Crippen LogP contribution in [-0.4, -0.2) is 127 Å². The zero-order valence-electron chi connectivity index (χ0n) is 32.6. The van der Waals surface area contributed by atoms with Gasteiger partial charge in [0.15, 0.2) is 12.6 Å². The summed E-state index contributed by atoms with van der Waals surface area (Å²) in [5.41, 5.74) is -2.37. The van der Waals surface area contributed by atoms with Crippen LogP contribution in [0.4, 0.5) is 0 Å². The van der Waals surface area contributed by atoms with Crippen molar-refractivity contribution in [2.24, 2.45) is 28.6 Å². The zero-order valence-corrected chi connectivity index (χ0v) is 32.6. The predicted molar refractivity (Wildman–Crippen MR) is 184 cm³/mol. The first-order chi connectivity index (χ1) is 25.0. The van der Waals surface area contributed by atoms with Crippen molar-refractivity contribution in [1.29, 1.82) is 0 Å².